The highest BCUT2D eigenvalue weighted by Gasteiger charge is 2.26. The van der Waals surface area contributed by atoms with Crippen molar-refractivity contribution in [2.75, 3.05) is 0 Å². The van der Waals surface area contributed by atoms with Crippen LogP contribution in [0, 0.1) is 24.0 Å². The Morgan fingerprint density at radius 1 is 1.44 bits per heavy atom. The van der Waals surface area contributed by atoms with E-state index < -0.39 is 10.9 Å². The van der Waals surface area contributed by atoms with Gasteiger partial charge in [0, 0.05) is 5.56 Å². The van der Waals surface area contributed by atoms with E-state index in [0.717, 1.165) is 0 Å². The lowest BCUT2D eigenvalue weighted by atomic mass is 10.0. The van der Waals surface area contributed by atoms with Crippen LogP contribution in [0.5, 0.6) is 5.75 Å². The maximum Gasteiger partial charge on any atom is 0.336 e. The normalized spacial score (nSPS) is 10.5. The summed E-state index contributed by atoms with van der Waals surface area (Å²) in [4.78, 5) is 21.5. The molecule has 0 aliphatic heterocycles. The highest BCUT2D eigenvalue weighted by molar-refractivity contribution is 5.93. The van der Waals surface area contributed by atoms with Crippen molar-refractivity contribution in [3.05, 3.63) is 32.9 Å². The molecule has 0 atom stereocenters. The average molecular weight is 253 g/mol. The lowest BCUT2D eigenvalue weighted by Crippen LogP contribution is -2.11. The summed E-state index contributed by atoms with van der Waals surface area (Å²) in [7, 11) is 0. The van der Waals surface area contributed by atoms with Gasteiger partial charge in [0.15, 0.2) is 5.75 Å². The molecular formula is C12H15NO5. The first-order valence-corrected chi connectivity index (χ1v) is 5.44. The van der Waals surface area contributed by atoms with Crippen molar-refractivity contribution in [1.29, 1.82) is 0 Å². The minimum atomic E-state index is -1.18. The number of ether oxygens (including phenoxy) is 1. The summed E-state index contributed by atoms with van der Waals surface area (Å²) in [6, 6.07) is 1.40. The topological polar surface area (TPSA) is 89.7 Å². The highest BCUT2D eigenvalue weighted by Crippen LogP contribution is 2.35. The van der Waals surface area contributed by atoms with Gasteiger partial charge in [-0.15, -0.1) is 0 Å². The largest absolute Gasteiger partial charge is 0.484 e. The summed E-state index contributed by atoms with van der Waals surface area (Å²) in [5.41, 5.74) is 0.230. The number of nitrogens with zero attached hydrogens (tertiary/aromatic N) is 1. The molecule has 0 spiro atoms. The molecule has 0 aromatic heterocycles. The van der Waals surface area contributed by atoms with Gasteiger partial charge >= 0.3 is 11.7 Å². The minimum absolute atomic E-state index is 0.0437. The van der Waals surface area contributed by atoms with E-state index in [4.69, 9.17) is 9.84 Å². The molecule has 0 radical (unpaired) electrons. The minimum Gasteiger partial charge on any atom is -0.484 e. The Hall–Kier alpha value is -2.11. The van der Waals surface area contributed by atoms with Gasteiger partial charge < -0.3 is 9.84 Å². The standard InChI is InChI=1S/C12H15NO5/c1-6(2)18-9-5-7(3)10(12(14)15)8(4)11(9)13(16)17/h5-6H,1-4H3,(H,14,15). The van der Waals surface area contributed by atoms with Crippen molar-refractivity contribution in [2.45, 2.75) is 33.8 Å². The van der Waals surface area contributed by atoms with Gasteiger partial charge in [0.1, 0.15) is 0 Å². The van der Waals surface area contributed by atoms with E-state index in [0.29, 0.717) is 5.56 Å². The first-order chi connectivity index (χ1) is 8.25. The zero-order valence-electron chi connectivity index (χ0n) is 10.7. The molecule has 18 heavy (non-hydrogen) atoms. The van der Waals surface area contributed by atoms with E-state index in [9.17, 15) is 14.9 Å². The molecule has 0 saturated carbocycles. The van der Waals surface area contributed by atoms with E-state index >= 15 is 0 Å². The summed E-state index contributed by atoms with van der Waals surface area (Å²) in [5, 5.41) is 20.1. The number of hydrogen-bond donors (Lipinski definition) is 1. The van der Waals surface area contributed by atoms with Crippen LogP contribution >= 0.6 is 0 Å². The Bertz CT molecular complexity index is 508. The summed E-state index contributed by atoms with van der Waals surface area (Å²) < 4.78 is 5.37. The molecule has 0 unspecified atom stereocenters. The molecule has 1 N–H and O–H groups in total. The molecule has 0 aliphatic carbocycles. The summed E-state index contributed by atoms with van der Waals surface area (Å²) in [5.74, 6) is -1.07. The third-order valence-corrected chi connectivity index (χ3v) is 2.46. The zero-order chi connectivity index (χ0) is 14.0. The number of nitro benzene ring substituents is 1. The predicted octanol–water partition coefficient (Wildman–Crippen LogP) is 2.70. The van der Waals surface area contributed by atoms with Crippen molar-refractivity contribution >= 4 is 11.7 Å². The van der Waals surface area contributed by atoms with Crippen LogP contribution in [0.4, 0.5) is 5.69 Å². The van der Waals surface area contributed by atoms with E-state index in [2.05, 4.69) is 0 Å². The number of nitro groups is 1. The van der Waals surface area contributed by atoms with Crippen LogP contribution in [0.25, 0.3) is 0 Å². The van der Waals surface area contributed by atoms with Gasteiger partial charge in [0.05, 0.1) is 16.6 Å². The zero-order valence-corrected chi connectivity index (χ0v) is 10.7. The smallest absolute Gasteiger partial charge is 0.336 e. The second-order valence-corrected chi connectivity index (χ2v) is 4.27. The second-order valence-electron chi connectivity index (χ2n) is 4.27. The molecule has 0 amide bonds. The van der Waals surface area contributed by atoms with Crippen LogP contribution in [0.2, 0.25) is 0 Å². The van der Waals surface area contributed by atoms with Crippen molar-refractivity contribution in [2.24, 2.45) is 0 Å². The average Bonchev–Trinajstić information content (AvgIpc) is 2.13. The Morgan fingerprint density at radius 3 is 2.39 bits per heavy atom. The molecule has 0 bridgehead atoms. The fourth-order valence-electron chi connectivity index (χ4n) is 1.84. The van der Waals surface area contributed by atoms with Crippen molar-refractivity contribution in [3.8, 4) is 5.75 Å². The molecule has 6 heteroatoms. The fourth-order valence-corrected chi connectivity index (χ4v) is 1.84. The summed E-state index contributed by atoms with van der Waals surface area (Å²) in [6.07, 6.45) is -0.224. The number of aromatic carboxylic acids is 1. The predicted molar refractivity (Wildman–Crippen MR) is 65.3 cm³/mol. The molecule has 0 fully saturated rings. The van der Waals surface area contributed by atoms with E-state index in [1.54, 1.807) is 20.8 Å². The van der Waals surface area contributed by atoms with Crippen molar-refractivity contribution in [1.82, 2.24) is 0 Å². The Labute approximate surface area is 104 Å². The lowest BCUT2D eigenvalue weighted by Gasteiger charge is -2.14. The molecular weight excluding hydrogens is 238 g/mol. The van der Waals surface area contributed by atoms with Crippen LogP contribution in [-0.4, -0.2) is 22.1 Å². The van der Waals surface area contributed by atoms with Gasteiger partial charge in [-0.05, 0) is 39.3 Å². The molecule has 1 rings (SSSR count). The fraction of sp³-hybridized carbons (Fsp3) is 0.417. The van der Waals surface area contributed by atoms with Gasteiger partial charge in [-0.3, -0.25) is 10.1 Å². The number of hydrogen-bond acceptors (Lipinski definition) is 4. The molecule has 1 aromatic carbocycles. The van der Waals surface area contributed by atoms with Crippen LogP contribution < -0.4 is 4.74 Å². The first kappa shape index (κ1) is 14.0. The lowest BCUT2D eigenvalue weighted by molar-refractivity contribution is -0.386. The third-order valence-electron chi connectivity index (χ3n) is 2.46. The van der Waals surface area contributed by atoms with Crippen LogP contribution in [0.15, 0.2) is 6.07 Å². The van der Waals surface area contributed by atoms with E-state index in [1.807, 2.05) is 0 Å². The molecule has 0 aliphatic rings. The molecule has 0 saturated heterocycles. The van der Waals surface area contributed by atoms with Gasteiger partial charge in [-0.25, -0.2) is 4.79 Å². The number of carboxylic acids is 1. The maximum absolute atomic E-state index is 11.1. The summed E-state index contributed by atoms with van der Waals surface area (Å²) in [6.45, 7) is 6.51. The highest BCUT2D eigenvalue weighted by atomic mass is 16.6. The van der Waals surface area contributed by atoms with Crippen molar-refractivity contribution in [3.63, 3.8) is 0 Å². The molecule has 6 nitrogen and oxygen atoms in total. The number of aryl methyl sites for hydroxylation is 1. The van der Waals surface area contributed by atoms with E-state index in [1.165, 1.54) is 13.0 Å². The number of benzene rings is 1. The summed E-state index contributed by atoms with van der Waals surface area (Å²) >= 11 is 0. The maximum atomic E-state index is 11.1. The molecule has 0 heterocycles. The van der Waals surface area contributed by atoms with E-state index in [-0.39, 0.29) is 28.7 Å². The van der Waals surface area contributed by atoms with Crippen LogP contribution in [0.1, 0.15) is 35.3 Å². The SMILES string of the molecule is Cc1cc(OC(C)C)c([N+](=O)[O-])c(C)c1C(=O)O. The first-order valence-electron chi connectivity index (χ1n) is 5.44. The Morgan fingerprint density at radius 2 is 2.00 bits per heavy atom. The number of carboxylic acid groups (broad SMARTS) is 1. The quantitative estimate of drug-likeness (QED) is 0.658. The molecule has 1 aromatic rings. The van der Waals surface area contributed by atoms with Crippen LogP contribution in [-0.2, 0) is 0 Å². The Kier molecular flexibility index (Phi) is 3.90. The number of carbonyl (C=O) groups is 1. The number of rotatable bonds is 4. The second kappa shape index (κ2) is 5.03. The third kappa shape index (κ3) is 2.58. The van der Waals surface area contributed by atoms with Gasteiger partial charge in [0.2, 0.25) is 0 Å². The van der Waals surface area contributed by atoms with Crippen molar-refractivity contribution < 1.29 is 19.6 Å². The monoisotopic (exact) mass is 253 g/mol. The van der Waals surface area contributed by atoms with Gasteiger partial charge in [0.25, 0.3) is 0 Å². The van der Waals surface area contributed by atoms with Crippen LogP contribution in [0.3, 0.4) is 0 Å². The van der Waals surface area contributed by atoms with Gasteiger partial charge in [-0.2, -0.15) is 0 Å². The Balaban J connectivity index is 3.55. The molecule has 98 valence electrons. The van der Waals surface area contributed by atoms with Gasteiger partial charge in [-0.1, -0.05) is 0 Å².